The van der Waals surface area contributed by atoms with Crippen molar-refractivity contribution in [1.29, 1.82) is 0 Å². The fourth-order valence-electron chi connectivity index (χ4n) is 4.05. The summed E-state index contributed by atoms with van der Waals surface area (Å²) in [7, 11) is 0. The molecule has 1 fully saturated rings. The molecule has 2 aromatic carbocycles. The van der Waals surface area contributed by atoms with Gasteiger partial charge >= 0.3 is 0 Å². The van der Waals surface area contributed by atoms with Gasteiger partial charge in [-0.2, -0.15) is 0 Å². The maximum absolute atomic E-state index is 13.4. The Balaban J connectivity index is 1.78. The van der Waals surface area contributed by atoms with Gasteiger partial charge in [-0.25, -0.2) is 0 Å². The normalized spacial score (nSPS) is 18.3. The number of imide groups is 1. The van der Waals surface area contributed by atoms with Gasteiger partial charge in [0.2, 0.25) is 0 Å². The third kappa shape index (κ3) is 3.53. The number of nitrogens with zero attached hydrogens (tertiary/aromatic N) is 1. The Labute approximate surface area is 170 Å². The first-order valence-electron chi connectivity index (χ1n) is 9.99. The molecule has 0 N–H and O–H groups in total. The van der Waals surface area contributed by atoms with E-state index < -0.39 is 0 Å². The van der Waals surface area contributed by atoms with Crippen molar-refractivity contribution in [3.05, 3.63) is 70.1 Å². The van der Waals surface area contributed by atoms with E-state index in [2.05, 4.69) is 6.92 Å². The zero-order chi connectivity index (χ0) is 19.7. The molecule has 1 heterocycles. The lowest BCUT2D eigenvalue weighted by Gasteiger charge is -2.29. The maximum atomic E-state index is 13.4. The van der Waals surface area contributed by atoms with Gasteiger partial charge in [0, 0.05) is 10.9 Å². The molecule has 0 unspecified atom stereocenters. The highest BCUT2D eigenvalue weighted by atomic mass is 32.2. The Morgan fingerprint density at radius 2 is 1.57 bits per heavy atom. The second-order valence-corrected chi connectivity index (χ2v) is 8.77. The first-order chi connectivity index (χ1) is 13.6. The second-order valence-electron chi connectivity index (χ2n) is 7.69. The average Bonchev–Trinajstić information content (AvgIpc) is 2.95. The van der Waals surface area contributed by atoms with Crippen molar-refractivity contribution in [2.75, 3.05) is 0 Å². The number of hydrogen-bond donors (Lipinski definition) is 0. The van der Waals surface area contributed by atoms with E-state index in [-0.39, 0.29) is 17.9 Å². The van der Waals surface area contributed by atoms with E-state index in [1.807, 2.05) is 55.5 Å². The van der Waals surface area contributed by atoms with Crippen molar-refractivity contribution in [2.45, 2.75) is 56.9 Å². The predicted octanol–water partition coefficient (Wildman–Crippen LogP) is 5.51. The molecule has 3 nitrogen and oxygen atoms in total. The lowest BCUT2D eigenvalue weighted by Crippen LogP contribution is -2.42. The van der Waals surface area contributed by atoms with Crippen LogP contribution in [0.4, 0.5) is 0 Å². The summed E-state index contributed by atoms with van der Waals surface area (Å²) in [6.07, 6.45) is 5.20. The van der Waals surface area contributed by atoms with Crippen molar-refractivity contribution >= 4 is 29.1 Å². The second kappa shape index (κ2) is 7.96. The highest BCUT2D eigenvalue weighted by molar-refractivity contribution is 8.04. The molecule has 0 bridgehead atoms. The van der Waals surface area contributed by atoms with Gasteiger partial charge in [-0.05, 0) is 55.5 Å². The van der Waals surface area contributed by atoms with Gasteiger partial charge in [-0.3, -0.25) is 14.5 Å². The molecule has 1 aliphatic heterocycles. The first-order valence-corrected chi connectivity index (χ1v) is 10.8. The van der Waals surface area contributed by atoms with E-state index in [4.69, 9.17) is 0 Å². The minimum Gasteiger partial charge on any atom is -0.271 e. The topological polar surface area (TPSA) is 37.4 Å². The minimum atomic E-state index is -0.126. The van der Waals surface area contributed by atoms with Gasteiger partial charge in [-0.15, -0.1) is 0 Å². The molecule has 1 aliphatic carbocycles. The Morgan fingerprint density at radius 3 is 2.25 bits per heavy atom. The van der Waals surface area contributed by atoms with Gasteiger partial charge < -0.3 is 0 Å². The summed E-state index contributed by atoms with van der Waals surface area (Å²) in [6.45, 7) is 4.10. The van der Waals surface area contributed by atoms with Crippen LogP contribution in [0, 0.1) is 13.8 Å². The lowest BCUT2D eigenvalue weighted by molar-refractivity contribution is -0.139. The van der Waals surface area contributed by atoms with Crippen LogP contribution in [-0.4, -0.2) is 22.8 Å². The smallest absolute Gasteiger partial charge is 0.268 e. The van der Waals surface area contributed by atoms with Crippen molar-refractivity contribution in [3.63, 3.8) is 0 Å². The molecule has 4 heteroatoms. The van der Waals surface area contributed by atoms with E-state index in [1.165, 1.54) is 23.7 Å². The van der Waals surface area contributed by atoms with Crippen molar-refractivity contribution < 1.29 is 9.59 Å². The SMILES string of the molecule is Cc1ccc(C2=C(Sc3ccccc3)C(=O)N(C3CCCCC3)C2=O)cc1C. The minimum absolute atomic E-state index is 0.0316. The fourth-order valence-corrected chi connectivity index (χ4v) is 5.07. The number of hydrogen-bond acceptors (Lipinski definition) is 3. The summed E-state index contributed by atoms with van der Waals surface area (Å²) in [5.74, 6) is -0.252. The summed E-state index contributed by atoms with van der Waals surface area (Å²) in [5.41, 5.74) is 3.72. The van der Waals surface area contributed by atoms with Crippen LogP contribution in [0.3, 0.4) is 0 Å². The van der Waals surface area contributed by atoms with Gasteiger partial charge in [0.25, 0.3) is 11.8 Å². The van der Waals surface area contributed by atoms with Crippen molar-refractivity contribution in [2.24, 2.45) is 0 Å². The molecule has 4 rings (SSSR count). The number of carbonyl (C=O) groups is 2. The number of benzene rings is 2. The first kappa shape index (κ1) is 19.0. The molecule has 0 aromatic heterocycles. The molecule has 144 valence electrons. The Bertz CT molecular complexity index is 942. The number of aryl methyl sites for hydroxylation is 2. The Morgan fingerprint density at radius 1 is 0.857 bits per heavy atom. The predicted molar refractivity (Wildman–Crippen MR) is 114 cm³/mol. The standard InChI is InChI=1S/C24H25NO2S/c1-16-13-14-18(15-17(16)2)21-22(28-20-11-7-4-8-12-20)24(27)25(23(21)26)19-9-5-3-6-10-19/h4,7-8,11-15,19H,3,5-6,9-10H2,1-2H3. The summed E-state index contributed by atoms with van der Waals surface area (Å²) < 4.78 is 0. The largest absolute Gasteiger partial charge is 0.271 e. The van der Waals surface area contributed by atoms with E-state index in [0.29, 0.717) is 10.5 Å². The molecule has 2 amide bonds. The van der Waals surface area contributed by atoms with Gasteiger partial charge in [0.15, 0.2) is 0 Å². The van der Waals surface area contributed by atoms with Crippen LogP contribution in [0.5, 0.6) is 0 Å². The van der Waals surface area contributed by atoms with E-state index >= 15 is 0 Å². The zero-order valence-corrected chi connectivity index (χ0v) is 17.2. The van der Waals surface area contributed by atoms with E-state index in [1.54, 1.807) is 4.90 Å². The van der Waals surface area contributed by atoms with E-state index in [9.17, 15) is 9.59 Å². The summed E-state index contributed by atoms with van der Waals surface area (Å²) in [5, 5.41) is 0. The van der Waals surface area contributed by atoms with Crippen LogP contribution in [0.15, 0.2) is 58.3 Å². The van der Waals surface area contributed by atoms with Gasteiger partial charge in [0.05, 0.1) is 10.5 Å². The van der Waals surface area contributed by atoms with Crippen molar-refractivity contribution in [1.82, 2.24) is 4.90 Å². The summed E-state index contributed by atoms with van der Waals surface area (Å²) in [6, 6.07) is 15.9. The molecule has 0 spiro atoms. The maximum Gasteiger partial charge on any atom is 0.268 e. The number of carbonyl (C=O) groups excluding carboxylic acids is 2. The summed E-state index contributed by atoms with van der Waals surface area (Å²) >= 11 is 1.41. The number of amides is 2. The quantitative estimate of drug-likeness (QED) is 0.645. The fraction of sp³-hybridized carbons (Fsp3) is 0.333. The van der Waals surface area contributed by atoms with Crippen LogP contribution >= 0.6 is 11.8 Å². The molecular weight excluding hydrogens is 366 g/mol. The van der Waals surface area contributed by atoms with E-state index in [0.717, 1.165) is 41.7 Å². The van der Waals surface area contributed by atoms with Crippen molar-refractivity contribution in [3.8, 4) is 0 Å². The number of thioether (sulfide) groups is 1. The molecule has 2 aliphatic rings. The van der Waals surface area contributed by atoms with Crippen LogP contribution in [-0.2, 0) is 9.59 Å². The number of rotatable bonds is 4. The zero-order valence-electron chi connectivity index (χ0n) is 16.4. The molecule has 1 saturated carbocycles. The molecule has 2 aromatic rings. The molecule has 0 radical (unpaired) electrons. The highest BCUT2D eigenvalue weighted by Gasteiger charge is 2.43. The lowest BCUT2D eigenvalue weighted by atomic mass is 9.94. The van der Waals surface area contributed by atoms with Crippen LogP contribution < -0.4 is 0 Å². The Kier molecular flexibility index (Phi) is 5.40. The monoisotopic (exact) mass is 391 g/mol. The third-order valence-electron chi connectivity index (χ3n) is 5.77. The molecular formula is C24H25NO2S. The molecule has 0 atom stereocenters. The summed E-state index contributed by atoms with van der Waals surface area (Å²) in [4.78, 5) is 29.9. The molecule has 0 saturated heterocycles. The average molecular weight is 392 g/mol. The van der Waals surface area contributed by atoms with Crippen LogP contribution in [0.2, 0.25) is 0 Å². The Hall–Kier alpha value is -2.33. The van der Waals surface area contributed by atoms with Crippen LogP contribution in [0.1, 0.15) is 48.8 Å². The van der Waals surface area contributed by atoms with Gasteiger partial charge in [-0.1, -0.05) is 67.4 Å². The third-order valence-corrected chi connectivity index (χ3v) is 6.86. The molecule has 28 heavy (non-hydrogen) atoms. The van der Waals surface area contributed by atoms with Crippen LogP contribution in [0.25, 0.3) is 5.57 Å². The highest BCUT2D eigenvalue weighted by Crippen LogP contribution is 2.42. The van der Waals surface area contributed by atoms with Gasteiger partial charge in [0.1, 0.15) is 0 Å².